The van der Waals surface area contributed by atoms with Gasteiger partial charge < -0.3 is 19.5 Å². The largest absolute Gasteiger partial charge is 0.496 e. The SMILES string of the molecule is COc1cc(OC)c(/C=C2/SC(=O)N(CC(=O)Nc3ccccc3F)C2=O)c(OC)c1. The minimum Gasteiger partial charge on any atom is -0.496 e. The summed E-state index contributed by atoms with van der Waals surface area (Å²) in [6.45, 7) is -0.548. The molecule has 31 heavy (non-hydrogen) atoms. The van der Waals surface area contributed by atoms with Crippen molar-refractivity contribution < 1.29 is 33.0 Å². The molecule has 0 atom stereocenters. The molecule has 2 aromatic carbocycles. The predicted molar refractivity (Wildman–Crippen MR) is 114 cm³/mol. The second kappa shape index (κ2) is 9.52. The van der Waals surface area contributed by atoms with Crippen molar-refractivity contribution in [2.75, 3.05) is 33.2 Å². The van der Waals surface area contributed by atoms with E-state index in [0.717, 1.165) is 4.90 Å². The average Bonchev–Trinajstić information content (AvgIpc) is 3.02. The number of ether oxygens (including phenoxy) is 3. The molecule has 3 amide bonds. The number of benzene rings is 2. The number of para-hydroxylation sites is 1. The molecule has 0 bridgehead atoms. The summed E-state index contributed by atoms with van der Waals surface area (Å²) in [4.78, 5) is 38.2. The molecule has 0 radical (unpaired) electrons. The fourth-order valence-electron chi connectivity index (χ4n) is 2.84. The topological polar surface area (TPSA) is 94.2 Å². The minimum absolute atomic E-state index is 0.0391. The van der Waals surface area contributed by atoms with Gasteiger partial charge in [0.1, 0.15) is 29.6 Å². The van der Waals surface area contributed by atoms with E-state index in [1.165, 1.54) is 45.6 Å². The maximum absolute atomic E-state index is 13.7. The van der Waals surface area contributed by atoms with E-state index in [-0.39, 0.29) is 10.6 Å². The normalized spacial score (nSPS) is 14.7. The van der Waals surface area contributed by atoms with Gasteiger partial charge >= 0.3 is 0 Å². The van der Waals surface area contributed by atoms with Crippen molar-refractivity contribution in [1.82, 2.24) is 4.90 Å². The van der Waals surface area contributed by atoms with Crippen molar-refractivity contribution in [3.05, 3.63) is 52.7 Å². The molecule has 0 aliphatic carbocycles. The van der Waals surface area contributed by atoms with Crippen LogP contribution in [-0.2, 0) is 9.59 Å². The summed E-state index contributed by atoms with van der Waals surface area (Å²) in [5.74, 6) is -0.736. The van der Waals surface area contributed by atoms with Gasteiger partial charge in [0.25, 0.3) is 11.1 Å². The number of nitrogens with one attached hydrogen (secondary N) is 1. The molecule has 1 heterocycles. The van der Waals surface area contributed by atoms with Gasteiger partial charge in [-0.25, -0.2) is 4.39 Å². The quantitative estimate of drug-likeness (QED) is 0.651. The van der Waals surface area contributed by atoms with Gasteiger partial charge in [0, 0.05) is 12.1 Å². The van der Waals surface area contributed by atoms with Gasteiger partial charge in [-0.15, -0.1) is 0 Å². The second-order valence-electron chi connectivity index (χ2n) is 6.24. The molecule has 0 saturated carbocycles. The van der Waals surface area contributed by atoms with Crippen LogP contribution in [0, 0.1) is 5.82 Å². The van der Waals surface area contributed by atoms with Gasteiger partial charge in [-0.1, -0.05) is 12.1 Å². The zero-order valence-electron chi connectivity index (χ0n) is 16.9. The maximum atomic E-state index is 13.7. The standard InChI is InChI=1S/C21H19FN2O6S/c1-28-12-8-16(29-2)13(17(9-12)30-3)10-18-20(26)24(21(27)31-18)11-19(25)23-15-7-5-4-6-14(15)22/h4-10H,11H2,1-3H3,(H,23,25)/b18-10+. The lowest BCUT2D eigenvalue weighted by Gasteiger charge is -2.14. The van der Waals surface area contributed by atoms with Crippen molar-refractivity contribution in [2.45, 2.75) is 0 Å². The molecule has 0 aromatic heterocycles. The Hall–Kier alpha value is -3.53. The van der Waals surface area contributed by atoms with Crippen molar-refractivity contribution in [3.8, 4) is 17.2 Å². The van der Waals surface area contributed by atoms with Crippen LogP contribution >= 0.6 is 11.8 Å². The minimum atomic E-state index is -0.701. The van der Waals surface area contributed by atoms with Crippen molar-refractivity contribution in [2.24, 2.45) is 0 Å². The maximum Gasteiger partial charge on any atom is 0.294 e. The molecule has 3 rings (SSSR count). The molecule has 162 valence electrons. The number of carbonyl (C=O) groups excluding carboxylic acids is 3. The number of thioether (sulfide) groups is 1. The Morgan fingerprint density at radius 1 is 1.10 bits per heavy atom. The summed E-state index contributed by atoms with van der Waals surface area (Å²) in [6.07, 6.45) is 1.46. The van der Waals surface area contributed by atoms with Gasteiger partial charge in [0.2, 0.25) is 5.91 Å². The molecule has 10 heteroatoms. The van der Waals surface area contributed by atoms with Crippen LogP contribution in [0.4, 0.5) is 14.9 Å². The van der Waals surface area contributed by atoms with E-state index < -0.39 is 29.4 Å². The molecular formula is C21H19FN2O6S. The molecule has 0 unspecified atom stereocenters. The van der Waals surface area contributed by atoms with Gasteiger partial charge in [-0.05, 0) is 30.0 Å². The molecule has 1 N–H and O–H groups in total. The number of halogens is 1. The number of rotatable bonds is 7. The Balaban J connectivity index is 1.82. The summed E-state index contributed by atoms with van der Waals surface area (Å²) < 4.78 is 29.6. The highest BCUT2D eigenvalue weighted by molar-refractivity contribution is 8.18. The predicted octanol–water partition coefficient (Wildman–Crippen LogP) is 3.53. The molecule has 8 nitrogen and oxygen atoms in total. The third-order valence-electron chi connectivity index (χ3n) is 4.35. The molecule has 1 saturated heterocycles. The van der Waals surface area contributed by atoms with E-state index in [2.05, 4.69) is 5.32 Å². The Kier molecular flexibility index (Phi) is 6.81. The van der Waals surface area contributed by atoms with Crippen LogP contribution in [0.3, 0.4) is 0 Å². The van der Waals surface area contributed by atoms with Crippen LogP contribution in [0.25, 0.3) is 6.08 Å². The highest BCUT2D eigenvalue weighted by Gasteiger charge is 2.36. The highest BCUT2D eigenvalue weighted by Crippen LogP contribution is 2.39. The summed E-state index contributed by atoms with van der Waals surface area (Å²) in [6, 6.07) is 8.82. The highest BCUT2D eigenvalue weighted by atomic mass is 32.2. The number of carbonyl (C=O) groups is 3. The van der Waals surface area contributed by atoms with E-state index in [0.29, 0.717) is 34.6 Å². The summed E-state index contributed by atoms with van der Waals surface area (Å²) >= 11 is 0.679. The van der Waals surface area contributed by atoms with E-state index in [9.17, 15) is 18.8 Å². The first-order valence-electron chi connectivity index (χ1n) is 8.97. The lowest BCUT2D eigenvalue weighted by Crippen LogP contribution is -2.36. The Morgan fingerprint density at radius 2 is 1.74 bits per heavy atom. The van der Waals surface area contributed by atoms with Crippen LogP contribution < -0.4 is 19.5 Å². The Bertz CT molecular complexity index is 1050. The second-order valence-corrected chi connectivity index (χ2v) is 7.23. The Morgan fingerprint density at radius 3 is 2.32 bits per heavy atom. The number of amides is 3. The number of anilines is 1. The average molecular weight is 446 g/mol. The van der Waals surface area contributed by atoms with Crippen LogP contribution in [0.15, 0.2) is 41.3 Å². The number of nitrogens with zero attached hydrogens (tertiary/aromatic N) is 1. The van der Waals surface area contributed by atoms with E-state index in [1.54, 1.807) is 18.2 Å². The van der Waals surface area contributed by atoms with E-state index in [4.69, 9.17) is 14.2 Å². The van der Waals surface area contributed by atoms with Crippen molar-refractivity contribution >= 4 is 40.6 Å². The summed E-state index contributed by atoms with van der Waals surface area (Å²) in [5, 5.41) is 1.73. The third-order valence-corrected chi connectivity index (χ3v) is 5.26. The number of imide groups is 1. The molecule has 2 aromatic rings. The van der Waals surface area contributed by atoms with Crippen molar-refractivity contribution in [1.29, 1.82) is 0 Å². The van der Waals surface area contributed by atoms with Gasteiger partial charge in [-0.2, -0.15) is 0 Å². The fraction of sp³-hybridized carbons (Fsp3) is 0.190. The smallest absolute Gasteiger partial charge is 0.294 e. The first-order chi connectivity index (χ1) is 14.9. The summed E-state index contributed by atoms with van der Waals surface area (Å²) in [5.41, 5.74) is 0.398. The lowest BCUT2D eigenvalue weighted by molar-refractivity contribution is -0.127. The summed E-state index contributed by atoms with van der Waals surface area (Å²) in [7, 11) is 4.39. The van der Waals surface area contributed by atoms with Crippen LogP contribution in [0.1, 0.15) is 5.56 Å². The Labute approximate surface area is 182 Å². The van der Waals surface area contributed by atoms with Gasteiger partial charge in [-0.3, -0.25) is 19.3 Å². The van der Waals surface area contributed by atoms with E-state index in [1.807, 2.05) is 0 Å². The van der Waals surface area contributed by atoms with Gasteiger partial charge in [0.15, 0.2) is 0 Å². The third kappa shape index (κ3) is 4.80. The monoisotopic (exact) mass is 446 g/mol. The zero-order valence-corrected chi connectivity index (χ0v) is 17.7. The fourth-order valence-corrected chi connectivity index (χ4v) is 3.66. The molecule has 1 aliphatic heterocycles. The van der Waals surface area contributed by atoms with Crippen molar-refractivity contribution in [3.63, 3.8) is 0 Å². The lowest BCUT2D eigenvalue weighted by atomic mass is 10.1. The zero-order chi connectivity index (χ0) is 22.5. The molecular weight excluding hydrogens is 427 g/mol. The first-order valence-corrected chi connectivity index (χ1v) is 9.79. The number of hydrogen-bond acceptors (Lipinski definition) is 7. The number of hydrogen-bond donors (Lipinski definition) is 1. The van der Waals surface area contributed by atoms with Crippen LogP contribution in [0.2, 0.25) is 0 Å². The number of methoxy groups -OCH3 is 3. The molecule has 0 spiro atoms. The van der Waals surface area contributed by atoms with Crippen LogP contribution in [-0.4, -0.2) is 49.8 Å². The first kappa shape index (κ1) is 22.2. The molecule has 1 aliphatic rings. The van der Waals surface area contributed by atoms with Crippen LogP contribution in [0.5, 0.6) is 17.2 Å². The van der Waals surface area contributed by atoms with E-state index >= 15 is 0 Å². The van der Waals surface area contributed by atoms with Gasteiger partial charge in [0.05, 0.1) is 37.5 Å². The molecule has 1 fully saturated rings.